The summed E-state index contributed by atoms with van der Waals surface area (Å²) >= 11 is 1.54. The first kappa shape index (κ1) is 12.1. The number of rotatable bonds is 5. The van der Waals surface area contributed by atoms with Gasteiger partial charge in [-0.3, -0.25) is 0 Å². The van der Waals surface area contributed by atoms with E-state index >= 15 is 0 Å². The van der Waals surface area contributed by atoms with E-state index in [4.69, 9.17) is 5.11 Å². The van der Waals surface area contributed by atoms with Gasteiger partial charge in [-0.25, -0.2) is 4.79 Å². The van der Waals surface area contributed by atoms with Crippen molar-refractivity contribution in [3.63, 3.8) is 0 Å². The highest BCUT2D eigenvalue weighted by atomic mass is 32.2. The van der Waals surface area contributed by atoms with E-state index in [2.05, 4.69) is 0 Å². The number of aliphatic carboxylic acids is 1. The minimum Gasteiger partial charge on any atom is -0.479 e. The van der Waals surface area contributed by atoms with Crippen molar-refractivity contribution in [1.82, 2.24) is 0 Å². The number of hydrogen-bond donors (Lipinski definition) is 2. The van der Waals surface area contributed by atoms with E-state index in [0.29, 0.717) is 5.75 Å². The number of aliphatic hydroxyl groups is 1. The van der Waals surface area contributed by atoms with Crippen LogP contribution in [0.3, 0.4) is 0 Å². The van der Waals surface area contributed by atoms with E-state index in [1.807, 2.05) is 30.3 Å². The molecule has 4 heteroatoms. The molecule has 2 N–H and O–H groups in total. The van der Waals surface area contributed by atoms with Crippen molar-refractivity contribution in [3.05, 3.63) is 30.3 Å². The second kappa shape index (κ2) is 5.19. The molecular formula is C11H14O3S. The van der Waals surface area contributed by atoms with Crippen molar-refractivity contribution in [2.24, 2.45) is 0 Å². The Labute approximate surface area is 93.1 Å². The summed E-state index contributed by atoms with van der Waals surface area (Å²) < 4.78 is 0. The molecular weight excluding hydrogens is 212 g/mol. The maximum absolute atomic E-state index is 10.6. The van der Waals surface area contributed by atoms with Crippen LogP contribution in [0.25, 0.3) is 0 Å². The molecule has 0 aliphatic heterocycles. The minimum absolute atomic E-state index is 0.238. The Morgan fingerprint density at radius 3 is 2.53 bits per heavy atom. The molecule has 0 amide bonds. The van der Waals surface area contributed by atoms with E-state index < -0.39 is 11.6 Å². The van der Waals surface area contributed by atoms with Crippen molar-refractivity contribution < 1.29 is 15.0 Å². The van der Waals surface area contributed by atoms with E-state index in [1.165, 1.54) is 6.92 Å². The van der Waals surface area contributed by atoms with E-state index in [1.54, 1.807) is 11.8 Å². The maximum Gasteiger partial charge on any atom is 0.335 e. The van der Waals surface area contributed by atoms with Crippen LogP contribution < -0.4 is 0 Å². The molecule has 1 atom stereocenters. The fourth-order valence-corrected chi connectivity index (χ4v) is 2.08. The van der Waals surface area contributed by atoms with Gasteiger partial charge in [-0.1, -0.05) is 18.2 Å². The van der Waals surface area contributed by atoms with Gasteiger partial charge in [0.2, 0.25) is 0 Å². The number of carboxylic acids is 1. The van der Waals surface area contributed by atoms with Crippen molar-refractivity contribution >= 4 is 17.7 Å². The van der Waals surface area contributed by atoms with Crippen LogP contribution in [0, 0.1) is 0 Å². The van der Waals surface area contributed by atoms with Gasteiger partial charge in [0.1, 0.15) is 0 Å². The second-order valence-corrected chi connectivity index (χ2v) is 4.66. The molecule has 15 heavy (non-hydrogen) atoms. The van der Waals surface area contributed by atoms with Crippen LogP contribution in [0.4, 0.5) is 0 Å². The van der Waals surface area contributed by atoms with Gasteiger partial charge in [-0.15, -0.1) is 11.8 Å². The Bertz CT molecular complexity index is 322. The molecule has 82 valence electrons. The monoisotopic (exact) mass is 226 g/mol. The fourth-order valence-electron chi connectivity index (χ4n) is 0.991. The molecule has 0 aromatic heterocycles. The molecule has 0 fully saturated rings. The highest BCUT2D eigenvalue weighted by molar-refractivity contribution is 7.99. The number of hydrogen-bond acceptors (Lipinski definition) is 3. The lowest BCUT2D eigenvalue weighted by Gasteiger charge is -2.16. The maximum atomic E-state index is 10.6. The standard InChI is InChI=1S/C11H14O3S/c1-11(14,10(12)13)7-8-15-9-5-3-2-4-6-9/h2-6,14H,7-8H2,1H3,(H,12,13)/t11-/m1/s1. The number of benzene rings is 1. The molecule has 1 aromatic carbocycles. The van der Waals surface area contributed by atoms with Crippen LogP contribution in [0.5, 0.6) is 0 Å². The third kappa shape index (κ3) is 3.93. The molecule has 0 aliphatic carbocycles. The summed E-state index contributed by atoms with van der Waals surface area (Å²) in [6.07, 6.45) is 0.238. The topological polar surface area (TPSA) is 57.5 Å². The van der Waals surface area contributed by atoms with Crippen molar-refractivity contribution in [2.75, 3.05) is 5.75 Å². The van der Waals surface area contributed by atoms with E-state index in [0.717, 1.165) is 4.90 Å². The van der Waals surface area contributed by atoms with Crippen LogP contribution >= 0.6 is 11.8 Å². The van der Waals surface area contributed by atoms with Crippen LogP contribution in [-0.4, -0.2) is 27.5 Å². The molecule has 0 spiro atoms. The van der Waals surface area contributed by atoms with Gasteiger partial charge in [0, 0.05) is 10.6 Å². The lowest BCUT2D eigenvalue weighted by molar-refractivity contribution is -0.156. The predicted molar refractivity (Wildman–Crippen MR) is 60.0 cm³/mol. The number of carboxylic acid groups (broad SMARTS) is 1. The molecule has 0 unspecified atom stereocenters. The molecule has 0 saturated carbocycles. The molecule has 0 bridgehead atoms. The first-order valence-electron chi connectivity index (χ1n) is 4.66. The van der Waals surface area contributed by atoms with Gasteiger partial charge in [0.25, 0.3) is 0 Å². The quantitative estimate of drug-likeness (QED) is 0.754. The molecule has 0 heterocycles. The van der Waals surface area contributed by atoms with Gasteiger partial charge >= 0.3 is 5.97 Å². The van der Waals surface area contributed by atoms with Crippen molar-refractivity contribution in [1.29, 1.82) is 0 Å². The zero-order valence-electron chi connectivity index (χ0n) is 8.51. The fraction of sp³-hybridized carbons (Fsp3) is 0.364. The zero-order valence-corrected chi connectivity index (χ0v) is 9.33. The van der Waals surface area contributed by atoms with Crippen LogP contribution in [-0.2, 0) is 4.79 Å². The average Bonchev–Trinajstić information content (AvgIpc) is 2.19. The Morgan fingerprint density at radius 2 is 2.00 bits per heavy atom. The van der Waals surface area contributed by atoms with E-state index in [9.17, 15) is 9.90 Å². The second-order valence-electron chi connectivity index (χ2n) is 3.49. The summed E-state index contributed by atoms with van der Waals surface area (Å²) in [6.45, 7) is 1.32. The van der Waals surface area contributed by atoms with Gasteiger partial charge < -0.3 is 10.2 Å². The number of thioether (sulfide) groups is 1. The molecule has 0 radical (unpaired) electrons. The summed E-state index contributed by atoms with van der Waals surface area (Å²) in [4.78, 5) is 11.7. The predicted octanol–water partition coefficient (Wildman–Crippen LogP) is 2.00. The highest BCUT2D eigenvalue weighted by Crippen LogP contribution is 2.21. The summed E-state index contributed by atoms with van der Waals surface area (Å²) in [6, 6.07) is 9.70. The molecule has 0 saturated heterocycles. The molecule has 3 nitrogen and oxygen atoms in total. The zero-order chi connectivity index (χ0) is 11.3. The lowest BCUT2D eigenvalue weighted by atomic mass is 10.1. The van der Waals surface area contributed by atoms with Crippen molar-refractivity contribution in [3.8, 4) is 0 Å². The van der Waals surface area contributed by atoms with Gasteiger partial charge in [0.05, 0.1) is 0 Å². The Balaban J connectivity index is 2.37. The number of carbonyl (C=O) groups is 1. The molecule has 1 aromatic rings. The van der Waals surface area contributed by atoms with Crippen LogP contribution in [0.1, 0.15) is 13.3 Å². The third-order valence-electron chi connectivity index (χ3n) is 2.06. The van der Waals surface area contributed by atoms with Crippen LogP contribution in [0.2, 0.25) is 0 Å². The lowest BCUT2D eigenvalue weighted by Crippen LogP contribution is -2.35. The van der Waals surface area contributed by atoms with Gasteiger partial charge in [0.15, 0.2) is 5.60 Å². The summed E-state index contributed by atoms with van der Waals surface area (Å²) in [5.41, 5.74) is -1.62. The highest BCUT2D eigenvalue weighted by Gasteiger charge is 2.28. The summed E-state index contributed by atoms with van der Waals surface area (Å²) in [7, 11) is 0. The Kier molecular flexibility index (Phi) is 4.17. The molecule has 0 aliphatic rings. The third-order valence-corrected chi connectivity index (χ3v) is 3.08. The largest absolute Gasteiger partial charge is 0.479 e. The average molecular weight is 226 g/mol. The Morgan fingerprint density at radius 1 is 1.40 bits per heavy atom. The first-order chi connectivity index (χ1) is 7.02. The normalized spacial score (nSPS) is 14.5. The smallest absolute Gasteiger partial charge is 0.335 e. The minimum atomic E-state index is -1.62. The van der Waals surface area contributed by atoms with E-state index in [-0.39, 0.29) is 6.42 Å². The van der Waals surface area contributed by atoms with Crippen molar-refractivity contribution in [2.45, 2.75) is 23.8 Å². The van der Waals surface area contributed by atoms with Crippen LogP contribution in [0.15, 0.2) is 35.2 Å². The Hall–Kier alpha value is -1.00. The van der Waals surface area contributed by atoms with Gasteiger partial charge in [-0.05, 0) is 25.5 Å². The SMILES string of the molecule is C[C@@](O)(CCSc1ccccc1)C(=O)O. The van der Waals surface area contributed by atoms with Gasteiger partial charge in [-0.2, -0.15) is 0 Å². The summed E-state index contributed by atoms with van der Waals surface area (Å²) in [5.74, 6) is -0.584. The summed E-state index contributed by atoms with van der Waals surface area (Å²) in [5, 5.41) is 18.1. The first-order valence-corrected chi connectivity index (χ1v) is 5.64. The molecule has 1 rings (SSSR count).